The largest absolute Gasteiger partial charge is 0.381 e. The fourth-order valence-electron chi connectivity index (χ4n) is 2.10. The van der Waals surface area contributed by atoms with E-state index in [9.17, 15) is 9.59 Å². The number of hydrogen-bond acceptors (Lipinski definition) is 4. The molecule has 0 radical (unpaired) electrons. The van der Waals surface area contributed by atoms with Crippen molar-refractivity contribution in [3.63, 3.8) is 0 Å². The van der Waals surface area contributed by atoms with Crippen LogP contribution in [-0.4, -0.2) is 19.7 Å². The highest BCUT2D eigenvalue weighted by Gasteiger charge is 2.02. The van der Waals surface area contributed by atoms with Gasteiger partial charge in [-0.2, -0.15) is 5.10 Å². The molecule has 0 bridgehead atoms. The Kier molecular flexibility index (Phi) is 3.31. The molecule has 21 heavy (non-hydrogen) atoms. The van der Waals surface area contributed by atoms with Crippen LogP contribution in [0, 0.1) is 0 Å². The lowest BCUT2D eigenvalue weighted by atomic mass is 10.2. The number of rotatable bonds is 4. The minimum atomic E-state index is -0.649. The first-order chi connectivity index (χ1) is 10.2. The van der Waals surface area contributed by atoms with Gasteiger partial charge in [-0.3, -0.25) is 14.3 Å². The Labute approximate surface area is 119 Å². The Morgan fingerprint density at radius 3 is 2.67 bits per heavy atom. The molecular formula is C14H15N5O2. The molecule has 0 unspecified atom stereocenters. The molecule has 0 aliphatic heterocycles. The van der Waals surface area contributed by atoms with Crippen molar-refractivity contribution in [2.45, 2.75) is 20.0 Å². The van der Waals surface area contributed by atoms with E-state index < -0.39 is 11.1 Å². The van der Waals surface area contributed by atoms with E-state index in [4.69, 9.17) is 0 Å². The number of nitrogens with zero attached hydrogens (tertiary/aromatic N) is 2. The van der Waals surface area contributed by atoms with Gasteiger partial charge in [-0.05, 0) is 25.1 Å². The number of anilines is 1. The average molecular weight is 285 g/mol. The first-order valence-corrected chi connectivity index (χ1v) is 6.67. The summed E-state index contributed by atoms with van der Waals surface area (Å²) in [6.07, 6.45) is 3.80. The van der Waals surface area contributed by atoms with Crippen LogP contribution in [0.15, 0.2) is 40.2 Å². The third kappa shape index (κ3) is 2.71. The summed E-state index contributed by atoms with van der Waals surface area (Å²) in [5.74, 6) is 0. The van der Waals surface area contributed by atoms with Crippen molar-refractivity contribution in [3.05, 3.63) is 56.9 Å². The zero-order valence-corrected chi connectivity index (χ0v) is 11.5. The lowest BCUT2D eigenvalue weighted by Gasteiger charge is -2.06. The van der Waals surface area contributed by atoms with Gasteiger partial charge >= 0.3 is 11.1 Å². The number of hydrogen-bond donors (Lipinski definition) is 3. The van der Waals surface area contributed by atoms with Gasteiger partial charge in [-0.25, -0.2) is 0 Å². The molecule has 3 rings (SSSR count). The first-order valence-electron chi connectivity index (χ1n) is 6.67. The highest BCUT2D eigenvalue weighted by Crippen LogP contribution is 2.14. The summed E-state index contributed by atoms with van der Waals surface area (Å²) in [6.45, 7) is 3.51. The van der Waals surface area contributed by atoms with E-state index in [2.05, 4.69) is 20.4 Å². The highest BCUT2D eigenvalue weighted by molar-refractivity contribution is 5.78. The van der Waals surface area contributed by atoms with Gasteiger partial charge in [0.05, 0.1) is 17.2 Å². The maximum absolute atomic E-state index is 11.3. The zero-order chi connectivity index (χ0) is 14.8. The fraction of sp³-hybridized carbons (Fsp3) is 0.214. The van der Waals surface area contributed by atoms with Gasteiger partial charge in [0.1, 0.15) is 0 Å². The lowest BCUT2D eigenvalue weighted by molar-refractivity contribution is 0.659. The standard InChI is InChI=1S/C14H15N5O2/c1-2-19-8-9(7-16-19)6-15-10-3-4-11-12(5-10)18-14(21)13(20)17-11/h3-5,7-8,15H,2,6H2,1H3,(H,17,20)(H,18,21). The van der Waals surface area contributed by atoms with Crippen LogP contribution in [0.2, 0.25) is 0 Å². The van der Waals surface area contributed by atoms with E-state index >= 15 is 0 Å². The normalized spacial score (nSPS) is 10.9. The van der Waals surface area contributed by atoms with Gasteiger partial charge in [0.15, 0.2) is 0 Å². The minimum Gasteiger partial charge on any atom is -0.381 e. The first kappa shape index (κ1) is 13.2. The van der Waals surface area contributed by atoms with Crippen molar-refractivity contribution in [2.75, 3.05) is 5.32 Å². The lowest BCUT2D eigenvalue weighted by Crippen LogP contribution is -2.28. The van der Waals surface area contributed by atoms with Crippen molar-refractivity contribution in [2.24, 2.45) is 0 Å². The van der Waals surface area contributed by atoms with E-state index in [1.807, 2.05) is 30.1 Å². The van der Waals surface area contributed by atoms with Gasteiger partial charge in [-0.15, -0.1) is 0 Å². The Balaban J connectivity index is 1.82. The number of nitrogens with one attached hydrogen (secondary N) is 3. The smallest absolute Gasteiger partial charge is 0.314 e. The molecule has 0 saturated carbocycles. The van der Waals surface area contributed by atoms with Crippen LogP contribution in [0.3, 0.4) is 0 Å². The second-order valence-electron chi connectivity index (χ2n) is 4.73. The molecule has 3 aromatic rings. The third-order valence-corrected chi connectivity index (χ3v) is 3.23. The molecule has 0 aliphatic rings. The van der Waals surface area contributed by atoms with E-state index in [1.165, 1.54) is 0 Å². The molecule has 2 heterocycles. The van der Waals surface area contributed by atoms with E-state index in [1.54, 1.807) is 12.1 Å². The molecule has 0 saturated heterocycles. The molecular weight excluding hydrogens is 270 g/mol. The number of aromatic nitrogens is 4. The van der Waals surface area contributed by atoms with Crippen LogP contribution in [0.1, 0.15) is 12.5 Å². The fourth-order valence-corrected chi connectivity index (χ4v) is 2.10. The third-order valence-electron chi connectivity index (χ3n) is 3.23. The molecule has 2 aromatic heterocycles. The summed E-state index contributed by atoms with van der Waals surface area (Å²) in [5, 5.41) is 7.46. The van der Waals surface area contributed by atoms with Crippen molar-refractivity contribution in [3.8, 4) is 0 Å². The van der Waals surface area contributed by atoms with Crippen LogP contribution in [0.25, 0.3) is 11.0 Å². The van der Waals surface area contributed by atoms with Crippen LogP contribution >= 0.6 is 0 Å². The van der Waals surface area contributed by atoms with Crippen LogP contribution < -0.4 is 16.4 Å². The summed E-state index contributed by atoms with van der Waals surface area (Å²) in [6, 6.07) is 5.39. The summed E-state index contributed by atoms with van der Waals surface area (Å²) in [7, 11) is 0. The van der Waals surface area contributed by atoms with Crippen LogP contribution in [0.4, 0.5) is 5.69 Å². The Morgan fingerprint density at radius 1 is 1.19 bits per heavy atom. The van der Waals surface area contributed by atoms with Crippen molar-refractivity contribution in [1.82, 2.24) is 19.7 Å². The van der Waals surface area contributed by atoms with E-state index in [-0.39, 0.29) is 0 Å². The SMILES string of the molecule is CCn1cc(CNc2ccc3[nH]c(=O)c(=O)[nH]c3c2)cn1. The van der Waals surface area contributed by atoms with Crippen LogP contribution in [0.5, 0.6) is 0 Å². The average Bonchev–Trinajstić information content (AvgIpc) is 2.94. The molecule has 0 atom stereocenters. The number of H-pyrrole nitrogens is 2. The maximum Gasteiger partial charge on any atom is 0.314 e. The number of benzene rings is 1. The van der Waals surface area contributed by atoms with E-state index in [0.717, 1.165) is 17.8 Å². The highest BCUT2D eigenvalue weighted by atomic mass is 16.2. The second-order valence-corrected chi connectivity index (χ2v) is 4.73. The Hall–Kier alpha value is -2.83. The zero-order valence-electron chi connectivity index (χ0n) is 11.5. The predicted molar refractivity (Wildman–Crippen MR) is 80.4 cm³/mol. The second kappa shape index (κ2) is 5.28. The molecule has 108 valence electrons. The van der Waals surface area contributed by atoms with Gasteiger partial charge in [0.25, 0.3) is 0 Å². The maximum atomic E-state index is 11.3. The van der Waals surface area contributed by atoms with Gasteiger partial charge in [0.2, 0.25) is 0 Å². The summed E-state index contributed by atoms with van der Waals surface area (Å²) < 4.78 is 1.86. The van der Waals surface area contributed by atoms with Crippen LogP contribution in [-0.2, 0) is 13.1 Å². The van der Waals surface area contributed by atoms with Crippen molar-refractivity contribution >= 4 is 16.7 Å². The summed E-state index contributed by atoms with van der Waals surface area (Å²) >= 11 is 0. The van der Waals surface area contributed by atoms with Crippen molar-refractivity contribution < 1.29 is 0 Å². The quantitative estimate of drug-likeness (QED) is 0.624. The summed E-state index contributed by atoms with van der Waals surface area (Å²) in [5.41, 5.74) is 1.83. The molecule has 0 amide bonds. The molecule has 1 aromatic carbocycles. The topological polar surface area (TPSA) is 95.6 Å². The molecule has 7 nitrogen and oxygen atoms in total. The van der Waals surface area contributed by atoms with Crippen molar-refractivity contribution in [1.29, 1.82) is 0 Å². The molecule has 7 heteroatoms. The van der Waals surface area contributed by atoms with E-state index in [0.29, 0.717) is 17.6 Å². The number of fused-ring (bicyclic) bond motifs is 1. The predicted octanol–water partition coefficient (Wildman–Crippen LogP) is 1.04. The molecule has 3 N–H and O–H groups in total. The molecule has 0 spiro atoms. The monoisotopic (exact) mass is 285 g/mol. The molecule has 0 aliphatic carbocycles. The Morgan fingerprint density at radius 2 is 1.95 bits per heavy atom. The summed E-state index contributed by atoms with van der Waals surface area (Å²) in [4.78, 5) is 27.6. The number of aryl methyl sites for hydroxylation is 1. The number of aromatic amines is 2. The molecule has 0 fully saturated rings. The Bertz CT molecular complexity index is 890. The van der Waals surface area contributed by atoms with Gasteiger partial charge < -0.3 is 15.3 Å². The minimum absolute atomic E-state index is 0.592. The van der Waals surface area contributed by atoms with Gasteiger partial charge in [0, 0.05) is 30.5 Å². The van der Waals surface area contributed by atoms with Gasteiger partial charge in [-0.1, -0.05) is 0 Å².